The molecule has 1 aliphatic carbocycles. The maximum absolute atomic E-state index is 12.5. The lowest BCUT2D eigenvalue weighted by Crippen LogP contribution is -2.35. The van der Waals surface area contributed by atoms with E-state index < -0.39 is 0 Å². The van der Waals surface area contributed by atoms with Crippen molar-refractivity contribution in [2.75, 3.05) is 13.7 Å². The molecule has 1 amide bonds. The van der Waals surface area contributed by atoms with E-state index in [9.17, 15) is 9.90 Å². The van der Waals surface area contributed by atoms with Crippen molar-refractivity contribution >= 4 is 22.5 Å². The Hall–Kier alpha value is -3.19. The van der Waals surface area contributed by atoms with Crippen molar-refractivity contribution in [1.82, 2.24) is 9.47 Å². The molecule has 0 spiro atoms. The number of ether oxygens (including phenoxy) is 1. The van der Waals surface area contributed by atoms with Crippen LogP contribution in [0, 0.1) is 10.8 Å². The van der Waals surface area contributed by atoms with Crippen LogP contribution in [0.5, 0.6) is 11.6 Å². The van der Waals surface area contributed by atoms with Gasteiger partial charge in [-0.25, -0.2) is 0 Å². The fourth-order valence-corrected chi connectivity index (χ4v) is 6.50. The number of aromatic nitrogens is 1. The molecule has 5 rings (SSSR count). The van der Waals surface area contributed by atoms with Gasteiger partial charge < -0.3 is 9.84 Å². The van der Waals surface area contributed by atoms with E-state index >= 15 is 0 Å². The van der Waals surface area contributed by atoms with Crippen LogP contribution in [-0.4, -0.2) is 40.2 Å². The van der Waals surface area contributed by atoms with Crippen LogP contribution in [0.1, 0.15) is 45.6 Å². The number of rotatable bonds is 6. The zero-order valence-corrected chi connectivity index (χ0v) is 21.0. The van der Waals surface area contributed by atoms with E-state index in [1.54, 1.807) is 7.11 Å². The van der Waals surface area contributed by atoms with Crippen LogP contribution in [0.25, 0.3) is 10.9 Å². The zero-order chi connectivity index (χ0) is 24.8. The summed E-state index contributed by atoms with van der Waals surface area (Å²) in [6.45, 7) is 8.74. The van der Waals surface area contributed by atoms with Gasteiger partial charge in [0.1, 0.15) is 5.75 Å². The van der Waals surface area contributed by atoms with Gasteiger partial charge in [0.05, 0.1) is 25.7 Å². The van der Waals surface area contributed by atoms with Gasteiger partial charge >= 0.3 is 0 Å². The number of azo groups is 1. The predicted molar refractivity (Wildman–Crippen MR) is 136 cm³/mol. The molecule has 1 saturated heterocycles. The molecule has 184 valence electrons. The summed E-state index contributed by atoms with van der Waals surface area (Å²) in [6, 6.07) is 15.6. The minimum atomic E-state index is -0.366. The largest absolute Gasteiger partial charge is 0.497 e. The van der Waals surface area contributed by atoms with Gasteiger partial charge in [-0.2, -0.15) is 0 Å². The number of benzene rings is 2. The van der Waals surface area contributed by atoms with Crippen LogP contribution in [0.2, 0.25) is 0 Å². The Labute approximate surface area is 206 Å². The van der Waals surface area contributed by atoms with E-state index in [0.717, 1.165) is 35.2 Å². The average Bonchev–Trinajstić information content (AvgIpc) is 3.21. The second-order valence-corrected chi connectivity index (χ2v) is 11.3. The van der Waals surface area contributed by atoms with Crippen molar-refractivity contribution < 1.29 is 14.6 Å². The van der Waals surface area contributed by atoms with Crippen LogP contribution in [0.4, 0.5) is 5.69 Å². The third-order valence-electron chi connectivity index (χ3n) is 7.54. The van der Waals surface area contributed by atoms with Crippen molar-refractivity contribution in [3.05, 3.63) is 54.1 Å². The van der Waals surface area contributed by atoms with Crippen LogP contribution >= 0.6 is 0 Å². The summed E-state index contributed by atoms with van der Waals surface area (Å²) in [5, 5.41) is 20.2. The number of para-hydroxylation sites is 1. The van der Waals surface area contributed by atoms with Crippen molar-refractivity contribution in [3.63, 3.8) is 0 Å². The Balaban J connectivity index is 1.39. The van der Waals surface area contributed by atoms with E-state index in [0.29, 0.717) is 29.2 Å². The van der Waals surface area contributed by atoms with Gasteiger partial charge in [0.15, 0.2) is 5.69 Å². The molecule has 2 heterocycles. The molecule has 7 heteroatoms. The maximum Gasteiger partial charge on any atom is 0.269 e. The molecule has 7 nitrogen and oxygen atoms in total. The van der Waals surface area contributed by atoms with Crippen LogP contribution in [0.15, 0.2) is 58.8 Å². The number of fused-ring (bicyclic) bond motifs is 3. The first-order chi connectivity index (χ1) is 16.7. The highest BCUT2D eigenvalue weighted by molar-refractivity contribution is 5.95. The van der Waals surface area contributed by atoms with E-state index in [2.05, 4.69) is 35.9 Å². The van der Waals surface area contributed by atoms with Gasteiger partial charge in [-0.3, -0.25) is 14.3 Å². The number of likely N-dealkylation sites (tertiary alicyclic amines) is 1. The smallest absolute Gasteiger partial charge is 0.269 e. The molecule has 2 bridgehead atoms. The molecule has 0 unspecified atom stereocenters. The van der Waals surface area contributed by atoms with Crippen LogP contribution < -0.4 is 4.74 Å². The zero-order valence-electron chi connectivity index (χ0n) is 21.0. The molecule has 1 aromatic heterocycles. The molecule has 2 atom stereocenters. The Bertz CT molecular complexity index is 1280. The molecule has 3 aromatic rings. The number of amides is 1. The Morgan fingerprint density at radius 3 is 2.60 bits per heavy atom. The molecule has 2 aliphatic rings. The predicted octanol–water partition coefficient (Wildman–Crippen LogP) is 6.07. The van der Waals surface area contributed by atoms with Crippen molar-refractivity contribution in [1.29, 1.82) is 0 Å². The number of hydrogen-bond acceptors (Lipinski definition) is 5. The lowest BCUT2D eigenvalue weighted by molar-refractivity contribution is -0.117. The highest BCUT2D eigenvalue weighted by Crippen LogP contribution is 2.53. The molecule has 2 aromatic carbocycles. The topological polar surface area (TPSA) is 79.4 Å². The Morgan fingerprint density at radius 1 is 1.11 bits per heavy atom. The first-order valence-corrected chi connectivity index (χ1v) is 12.3. The van der Waals surface area contributed by atoms with Crippen molar-refractivity contribution in [2.45, 2.75) is 59.2 Å². The summed E-state index contributed by atoms with van der Waals surface area (Å²) in [5.41, 5.74) is 2.71. The third kappa shape index (κ3) is 4.69. The summed E-state index contributed by atoms with van der Waals surface area (Å²) in [7, 11) is 1.61. The highest BCUT2D eigenvalue weighted by atomic mass is 16.5. The third-order valence-corrected chi connectivity index (χ3v) is 7.54. The summed E-state index contributed by atoms with van der Waals surface area (Å²) < 4.78 is 7.07. The number of nitrogens with zero attached hydrogens (tertiary/aromatic N) is 4. The fraction of sp³-hybridized carbons (Fsp3) is 0.464. The summed E-state index contributed by atoms with van der Waals surface area (Å²) in [6.07, 6.45) is 3.72. The summed E-state index contributed by atoms with van der Waals surface area (Å²) >= 11 is 0. The number of carbonyl (C=O) groups excluding carboxylic acids is 1. The van der Waals surface area contributed by atoms with E-state index in [4.69, 9.17) is 4.74 Å². The van der Waals surface area contributed by atoms with Crippen LogP contribution in [0.3, 0.4) is 0 Å². The molecule has 0 radical (unpaired) electrons. The second-order valence-electron chi connectivity index (χ2n) is 11.3. The molecular formula is C28H34N4O3. The molecule has 1 N–H and O–H groups in total. The fourth-order valence-electron chi connectivity index (χ4n) is 6.50. The number of carbonyl (C=O) groups is 1. The van der Waals surface area contributed by atoms with E-state index in [1.165, 1.54) is 12.8 Å². The average molecular weight is 475 g/mol. The van der Waals surface area contributed by atoms with Gasteiger partial charge in [0.25, 0.3) is 5.91 Å². The van der Waals surface area contributed by atoms with Gasteiger partial charge in [-0.1, -0.05) is 51.1 Å². The minimum Gasteiger partial charge on any atom is -0.497 e. The van der Waals surface area contributed by atoms with Gasteiger partial charge in [-0.05, 0) is 53.9 Å². The molecule has 1 aliphatic heterocycles. The van der Waals surface area contributed by atoms with Crippen molar-refractivity contribution in [2.24, 2.45) is 21.1 Å². The quantitative estimate of drug-likeness (QED) is 0.440. The van der Waals surface area contributed by atoms with Crippen molar-refractivity contribution in [3.8, 4) is 11.6 Å². The maximum atomic E-state index is 12.5. The second kappa shape index (κ2) is 8.79. The molecule has 2 fully saturated rings. The van der Waals surface area contributed by atoms with E-state index in [1.807, 2.05) is 53.1 Å². The Morgan fingerprint density at radius 2 is 1.86 bits per heavy atom. The first-order valence-electron chi connectivity index (χ1n) is 12.3. The van der Waals surface area contributed by atoms with E-state index in [-0.39, 0.29) is 18.2 Å². The molecule has 1 saturated carbocycles. The lowest BCUT2D eigenvalue weighted by atomic mass is 9.65. The normalized spacial score (nSPS) is 23.8. The van der Waals surface area contributed by atoms with Gasteiger partial charge in [0, 0.05) is 18.0 Å². The Kier molecular flexibility index (Phi) is 5.91. The number of aromatic hydroxyl groups is 1. The van der Waals surface area contributed by atoms with Gasteiger partial charge in [-0.15, -0.1) is 10.2 Å². The lowest BCUT2D eigenvalue weighted by Gasteiger charge is -2.40. The molecule has 35 heavy (non-hydrogen) atoms. The molecular weight excluding hydrogens is 440 g/mol. The van der Waals surface area contributed by atoms with Crippen LogP contribution in [-0.2, 0) is 17.9 Å². The van der Waals surface area contributed by atoms with Gasteiger partial charge in [0.2, 0.25) is 5.88 Å². The first kappa shape index (κ1) is 23.5. The monoisotopic (exact) mass is 474 g/mol. The summed E-state index contributed by atoms with van der Waals surface area (Å²) in [4.78, 5) is 15.0. The number of methoxy groups -OCH3 is 1. The minimum absolute atomic E-state index is 0.0538. The standard InChI is InChI=1S/C28H34N4O3/c1-27(2)14-20-15-28(3,16-27)17-31(20)18-32-23-8-6-5-7-22(23)25(26(32)34)30-29-24(33)13-19-9-11-21(35-4)12-10-19/h5-12,20,34H,13-18H2,1-4H3/t20-,28+/m0/s1. The summed E-state index contributed by atoms with van der Waals surface area (Å²) in [5.74, 6) is 0.424. The SMILES string of the molecule is COc1ccc(CC(=O)N=Nc2c(O)n(CN3C[C@]4(C)C[C@@H]3CC(C)(C)C4)c3ccccc23)cc1. The highest BCUT2D eigenvalue weighted by Gasteiger charge is 2.49. The number of hydrogen-bond donors (Lipinski definition) is 1.